The summed E-state index contributed by atoms with van der Waals surface area (Å²) in [5, 5.41) is 17.8. The minimum absolute atomic E-state index is 0.254. The molecule has 0 unspecified atom stereocenters. The van der Waals surface area contributed by atoms with E-state index in [1.54, 1.807) is 0 Å². The number of hydrogen-bond acceptors (Lipinski definition) is 2. The Morgan fingerprint density at radius 2 is 1.67 bits per heavy atom. The normalized spacial score (nSPS) is 19.3. The first-order chi connectivity index (χ1) is 7.21. The van der Waals surface area contributed by atoms with Crippen LogP contribution in [0, 0.1) is 5.41 Å². The summed E-state index contributed by atoms with van der Waals surface area (Å²) >= 11 is 0. The van der Waals surface area contributed by atoms with Crippen LogP contribution in [0.5, 0.6) is 0 Å². The molecule has 3 nitrogen and oxygen atoms in total. The quantitative estimate of drug-likeness (QED) is 0.640. The van der Waals surface area contributed by atoms with E-state index in [4.69, 9.17) is 5.11 Å². The van der Waals surface area contributed by atoms with Gasteiger partial charge in [-0.25, -0.2) is 0 Å². The molecule has 0 aliphatic heterocycles. The molecule has 0 spiro atoms. The Labute approximate surface area is 91.5 Å². The second-order valence-corrected chi connectivity index (χ2v) is 4.68. The molecule has 0 aromatic heterocycles. The monoisotopic (exact) mass is 214 g/mol. The fourth-order valence-corrected chi connectivity index (χ4v) is 2.55. The standard InChI is InChI=1S/C12H22O3/c13-10-6-2-1-3-7-12(11(14)15)8-4-5-9-12/h13H,1-10H2,(H,14,15). The molecule has 88 valence electrons. The molecule has 2 N–H and O–H groups in total. The second-order valence-electron chi connectivity index (χ2n) is 4.68. The second kappa shape index (κ2) is 6.11. The number of rotatable bonds is 7. The fraction of sp³-hybridized carbons (Fsp3) is 0.917. The molecule has 15 heavy (non-hydrogen) atoms. The van der Waals surface area contributed by atoms with Crippen LogP contribution >= 0.6 is 0 Å². The van der Waals surface area contributed by atoms with Crippen molar-refractivity contribution in [2.45, 2.75) is 57.8 Å². The van der Waals surface area contributed by atoms with Gasteiger partial charge in [-0.2, -0.15) is 0 Å². The van der Waals surface area contributed by atoms with Crippen molar-refractivity contribution in [1.29, 1.82) is 0 Å². The molecular formula is C12H22O3. The minimum atomic E-state index is -0.595. The van der Waals surface area contributed by atoms with Crippen LogP contribution in [-0.4, -0.2) is 22.8 Å². The first kappa shape index (κ1) is 12.5. The Hall–Kier alpha value is -0.570. The van der Waals surface area contributed by atoms with E-state index in [0.29, 0.717) is 0 Å². The molecule has 0 atom stereocenters. The lowest BCUT2D eigenvalue weighted by Crippen LogP contribution is -2.27. The number of unbranched alkanes of at least 4 members (excludes halogenated alkanes) is 3. The summed E-state index contributed by atoms with van der Waals surface area (Å²) in [6, 6.07) is 0. The first-order valence-corrected chi connectivity index (χ1v) is 6.05. The Balaban J connectivity index is 2.24. The van der Waals surface area contributed by atoms with Gasteiger partial charge >= 0.3 is 5.97 Å². The number of carboxylic acids is 1. The van der Waals surface area contributed by atoms with E-state index in [0.717, 1.165) is 57.8 Å². The third kappa shape index (κ3) is 3.49. The van der Waals surface area contributed by atoms with Gasteiger partial charge in [-0.15, -0.1) is 0 Å². The van der Waals surface area contributed by atoms with E-state index in [9.17, 15) is 9.90 Å². The molecule has 0 aromatic rings. The van der Waals surface area contributed by atoms with E-state index >= 15 is 0 Å². The van der Waals surface area contributed by atoms with Crippen LogP contribution in [0.2, 0.25) is 0 Å². The molecule has 3 heteroatoms. The topological polar surface area (TPSA) is 57.5 Å². The average molecular weight is 214 g/mol. The van der Waals surface area contributed by atoms with Crippen LogP contribution < -0.4 is 0 Å². The summed E-state index contributed by atoms with van der Waals surface area (Å²) < 4.78 is 0. The Morgan fingerprint density at radius 3 is 2.20 bits per heavy atom. The first-order valence-electron chi connectivity index (χ1n) is 6.05. The van der Waals surface area contributed by atoms with Crippen molar-refractivity contribution >= 4 is 5.97 Å². The molecule has 0 heterocycles. The highest BCUT2D eigenvalue weighted by atomic mass is 16.4. The molecule has 0 bridgehead atoms. The molecule has 1 aliphatic carbocycles. The lowest BCUT2D eigenvalue weighted by Gasteiger charge is -2.23. The van der Waals surface area contributed by atoms with E-state index in [1.807, 2.05) is 0 Å². The van der Waals surface area contributed by atoms with E-state index in [-0.39, 0.29) is 6.61 Å². The Bertz CT molecular complexity index is 195. The number of carboxylic acid groups (broad SMARTS) is 1. The third-order valence-corrected chi connectivity index (χ3v) is 3.58. The zero-order valence-electron chi connectivity index (χ0n) is 9.37. The lowest BCUT2D eigenvalue weighted by molar-refractivity contribution is -0.149. The summed E-state index contributed by atoms with van der Waals surface area (Å²) in [5.74, 6) is -0.595. The third-order valence-electron chi connectivity index (χ3n) is 3.58. The van der Waals surface area contributed by atoms with Crippen molar-refractivity contribution in [3.63, 3.8) is 0 Å². The SMILES string of the molecule is O=C(O)C1(CCCCCCO)CCCC1. The number of aliphatic hydroxyl groups excluding tert-OH is 1. The van der Waals surface area contributed by atoms with Crippen molar-refractivity contribution in [3.8, 4) is 0 Å². The van der Waals surface area contributed by atoms with Gasteiger partial charge < -0.3 is 10.2 Å². The fourth-order valence-electron chi connectivity index (χ4n) is 2.55. The van der Waals surface area contributed by atoms with Gasteiger partial charge in [-0.05, 0) is 25.7 Å². The van der Waals surface area contributed by atoms with Gasteiger partial charge in [0.2, 0.25) is 0 Å². The van der Waals surface area contributed by atoms with Crippen LogP contribution in [0.4, 0.5) is 0 Å². The van der Waals surface area contributed by atoms with Crippen molar-refractivity contribution in [2.24, 2.45) is 5.41 Å². The highest BCUT2D eigenvalue weighted by molar-refractivity contribution is 5.74. The Morgan fingerprint density at radius 1 is 1.07 bits per heavy atom. The summed E-state index contributed by atoms with van der Waals surface area (Å²) in [7, 11) is 0. The molecule has 0 radical (unpaired) electrons. The molecule has 1 rings (SSSR count). The van der Waals surface area contributed by atoms with Gasteiger partial charge in [0, 0.05) is 6.61 Å². The zero-order valence-corrected chi connectivity index (χ0v) is 9.37. The van der Waals surface area contributed by atoms with Gasteiger partial charge in [0.05, 0.1) is 5.41 Å². The van der Waals surface area contributed by atoms with Gasteiger partial charge in [0.15, 0.2) is 0 Å². The van der Waals surface area contributed by atoms with Crippen molar-refractivity contribution in [1.82, 2.24) is 0 Å². The number of aliphatic hydroxyl groups is 1. The summed E-state index contributed by atoms with van der Waals surface area (Å²) in [6.07, 6.45) is 8.61. The Kier molecular flexibility index (Phi) is 5.09. The van der Waals surface area contributed by atoms with Crippen molar-refractivity contribution in [3.05, 3.63) is 0 Å². The molecular weight excluding hydrogens is 192 g/mol. The highest BCUT2D eigenvalue weighted by Gasteiger charge is 2.40. The highest BCUT2D eigenvalue weighted by Crippen LogP contribution is 2.42. The van der Waals surface area contributed by atoms with Crippen molar-refractivity contribution in [2.75, 3.05) is 6.61 Å². The van der Waals surface area contributed by atoms with E-state index in [2.05, 4.69) is 0 Å². The largest absolute Gasteiger partial charge is 0.481 e. The maximum Gasteiger partial charge on any atom is 0.309 e. The van der Waals surface area contributed by atoms with Crippen molar-refractivity contribution < 1.29 is 15.0 Å². The molecule has 0 amide bonds. The maximum absolute atomic E-state index is 11.2. The minimum Gasteiger partial charge on any atom is -0.481 e. The number of hydrogen-bond donors (Lipinski definition) is 2. The average Bonchev–Trinajstić information content (AvgIpc) is 2.67. The molecule has 0 aromatic carbocycles. The molecule has 1 fully saturated rings. The van der Waals surface area contributed by atoms with E-state index < -0.39 is 11.4 Å². The number of carbonyl (C=O) groups is 1. The van der Waals surface area contributed by atoms with Crippen LogP contribution in [-0.2, 0) is 4.79 Å². The van der Waals surface area contributed by atoms with Crippen LogP contribution in [0.1, 0.15) is 57.8 Å². The van der Waals surface area contributed by atoms with Gasteiger partial charge in [-0.3, -0.25) is 4.79 Å². The molecule has 1 aliphatic rings. The lowest BCUT2D eigenvalue weighted by atomic mass is 9.81. The summed E-state index contributed by atoms with van der Waals surface area (Å²) in [5.41, 5.74) is -0.404. The van der Waals surface area contributed by atoms with Crippen LogP contribution in [0.25, 0.3) is 0 Å². The maximum atomic E-state index is 11.2. The van der Waals surface area contributed by atoms with Crippen LogP contribution in [0.15, 0.2) is 0 Å². The number of aliphatic carboxylic acids is 1. The van der Waals surface area contributed by atoms with E-state index in [1.165, 1.54) is 0 Å². The van der Waals surface area contributed by atoms with Gasteiger partial charge in [0.1, 0.15) is 0 Å². The molecule has 1 saturated carbocycles. The zero-order chi connectivity index (χ0) is 11.1. The predicted molar refractivity (Wildman–Crippen MR) is 58.7 cm³/mol. The predicted octanol–water partition coefficient (Wildman–Crippen LogP) is 2.57. The summed E-state index contributed by atoms with van der Waals surface area (Å²) in [6.45, 7) is 0.254. The van der Waals surface area contributed by atoms with Gasteiger partial charge in [0.25, 0.3) is 0 Å². The summed E-state index contributed by atoms with van der Waals surface area (Å²) in [4.78, 5) is 11.2. The van der Waals surface area contributed by atoms with Crippen LogP contribution in [0.3, 0.4) is 0 Å². The molecule has 0 saturated heterocycles. The van der Waals surface area contributed by atoms with Gasteiger partial charge in [-0.1, -0.05) is 32.1 Å². The smallest absolute Gasteiger partial charge is 0.309 e.